The highest BCUT2D eigenvalue weighted by Gasteiger charge is 2.34. The number of fused-ring (bicyclic) bond motifs is 1. The number of halogens is 1. The quantitative estimate of drug-likeness (QED) is 0.797. The molecular formula is C15H13ClN2O2. The zero-order chi connectivity index (χ0) is 14.3. The molecule has 1 aliphatic heterocycles. The van der Waals surface area contributed by atoms with E-state index in [0.717, 1.165) is 11.3 Å². The van der Waals surface area contributed by atoms with Gasteiger partial charge in [-0.05, 0) is 24.3 Å². The molecule has 0 saturated heterocycles. The standard InChI is InChI=1S/C15H13ClN2O2/c1-18(2)13-8-10-9(7-11(13)16)14(20-15(10)19)12-5-3-4-6-17-12/h3-8,14H,1-2H3. The van der Waals surface area contributed by atoms with Gasteiger partial charge in [-0.25, -0.2) is 4.79 Å². The third-order valence-electron chi connectivity index (χ3n) is 3.28. The van der Waals surface area contributed by atoms with Gasteiger partial charge in [0.2, 0.25) is 0 Å². The number of pyridine rings is 1. The predicted octanol–water partition coefficient (Wildman–Crippen LogP) is 3.06. The highest BCUT2D eigenvalue weighted by Crippen LogP contribution is 2.39. The van der Waals surface area contributed by atoms with Crippen LogP contribution in [0.1, 0.15) is 27.7 Å². The van der Waals surface area contributed by atoms with Gasteiger partial charge in [0, 0.05) is 25.9 Å². The minimum absolute atomic E-state index is 0.338. The van der Waals surface area contributed by atoms with Gasteiger partial charge >= 0.3 is 5.97 Å². The van der Waals surface area contributed by atoms with Gasteiger partial charge in [0.25, 0.3) is 0 Å². The van der Waals surface area contributed by atoms with Crippen molar-refractivity contribution in [3.63, 3.8) is 0 Å². The van der Waals surface area contributed by atoms with E-state index in [2.05, 4.69) is 4.98 Å². The van der Waals surface area contributed by atoms with Crippen molar-refractivity contribution < 1.29 is 9.53 Å². The van der Waals surface area contributed by atoms with Crippen molar-refractivity contribution >= 4 is 23.3 Å². The van der Waals surface area contributed by atoms with Crippen molar-refractivity contribution in [1.82, 2.24) is 4.98 Å². The Morgan fingerprint density at radius 3 is 2.75 bits per heavy atom. The number of benzene rings is 1. The second-order valence-corrected chi connectivity index (χ2v) is 5.23. The summed E-state index contributed by atoms with van der Waals surface area (Å²) in [6, 6.07) is 9.08. The maximum atomic E-state index is 12.0. The highest BCUT2D eigenvalue weighted by molar-refractivity contribution is 6.33. The van der Waals surface area contributed by atoms with Gasteiger partial charge in [0.15, 0.2) is 6.10 Å². The molecule has 0 amide bonds. The minimum atomic E-state index is -0.479. The molecule has 1 unspecified atom stereocenters. The van der Waals surface area contributed by atoms with Crippen molar-refractivity contribution in [3.05, 3.63) is 58.4 Å². The summed E-state index contributed by atoms with van der Waals surface area (Å²) in [5.74, 6) is -0.338. The summed E-state index contributed by atoms with van der Waals surface area (Å²) in [6.07, 6.45) is 1.20. The van der Waals surface area contributed by atoms with Crippen LogP contribution in [0.15, 0.2) is 36.5 Å². The predicted molar refractivity (Wildman–Crippen MR) is 77.3 cm³/mol. The lowest BCUT2D eigenvalue weighted by atomic mass is 10.0. The van der Waals surface area contributed by atoms with Gasteiger partial charge in [0.05, 0.1) is 22.0 Å². The van der Waals surface area contributed by atoms with Crippen LogP contribution in [0.25, 0.3) is 0 Å². The summed E-state index contributed by atoms with van der Waals surface area (Å²) in [5, 5.41) is 0.591. The van der Waals surface area contributed by atoms with E-state index in [4.69, 9.17) is 16.3 Å². The van der Waals surface area contributed by atoms with Crippen LogP contribution in [-0.2, 0) is 4.74 Å². The fourth-order valence-electron chi connectivity index (χ4n) is 2.30. The molecule has 1 aliphatic rings. The molecule has 0 radical (unpaired) electrons. The highest BCUT2D eigenvalue weighted by atomic mass is 35.5. The largest absolute Gasteiger partial charge is 0.447 e. The van der Waals surface area contributed by atoms with E-state index in [0.29, 0.717) is 16.3 Å². The fraction of sp³-hybridized carbons (Fsp3) is 0.200. The molecule has 4 nitrogen and oxygen atoms in total. The normalized spacial score (nSPS) is 16.8. The second-order valence-electron chi connectivity index (χ2n) is 4.83. The molecule has 0 saturated carbocycles. The van der Waals surface area contributed by atoms with Gasteiger partial charge in [-0.15, -0.1) is 0 Å². The number of rotatable bonds is 2. The second kappa shape index (κ2) is 4.80. The third kappa shape index (κ3) is 2.02. The van der Waals surface area contributed by atoms with E-state index < -0.39 is 6.10 Å². The Balaban J connectivity index is 2.12. The van der Waals surface area contributed by atoms with Crippen molar-refractivity contribution in [3.8, 4) is 0 Å². The number of aromatic nitrogens is 1. The molecule has 0 fully saturated rings. The number of esters is 1. The SMILES string of the molecule is CN(C)c1cc2c(cc1Cl)C(c1ccccn1)OC2=O. The van der Waals surface area contributed by atoms with Crippen LogP contribution in [0.4, 0.5) is 5.69 Å². The summed E-state index contributed by atoms with van der Waals surface area (Å²) in [6.45, 7) is 0. The molecule has 5 heteroatoms. The lowest BCUT2D eigenvalue weighted by Gasteiger charge is -2.16. The molecule has 0 spiro atoms. The first-order valence-corrected chi connectivity index (χ1v) is 6.58. The summed E-state index contributed by atoms with van der Waals surface area (Å²) in [5.41, 5.74) is 2.82. The summed E-state index contributed by atoms with van der Waals surface area (Å²) in [7, 11) is 3.76. The Hall–Kier alpha value is -2.07. The Kier molecular flexibility index (Phi) is 3.10. The smallest absolute Gasteiger partial charge is 0.339 e. The van der Waals surface area contributed by atoms with Crippen LogP contribution in [0.5, 0.6) is 0 Å². The minimum Gasteiger partial charge on any atom is -0.447 e. The average molecular weight is 289 g/mol. The first kappa shape index (κ1) is 12.9. The number of anilines is 1. The summed E-state index contributed by atoms with van der Waals surface area (Å²) >= 11 is 6.27. The molecule has 102 valence electrons. The Bertz CT molecular complexity index is 671. The molecule has 2 aromatic rings. The van der Waals surface area contributed by atoms with Gasteiger partial charge < -0.3 is 9.64 Å². The molecule has 1 aromatic heterocycles. The number of carbonyl (C=O) groups excluding carboxylic acids is 1. The molecule has 20 heavy (non-hydrogen) atoms. The number of nitrogens with zero attached hydrogens (tertiary/aromatic N) is 2. The van der Waals surface area contributed by atoms with Crippen LogP contribution < -0.4 is 4.90 Å². The van der Waals surface area contributed by atoms with Crippen molar-refractivity contribution in [2.45, 2.75) is 6.10 Å². The van der Waals surface area contributed by atoms with E-state index in [1.165, 1.54) is 0 Å². The van der Waals surface area contributed by atoms with Crippen LogP contribution in [0.3, 0.4) is 0 Å². The first-order chi connectivity index (χ1) is 9.58. The molecule has 0 aliphatic carbocycles. The topological polar surface area (TPSA) is 42.4 Å². The summed E-state index contributed by atoms with van der Waals surface area (Å²) in [4.78, 5) is 18.1. The number of hydrogen-bond acceptors (Lipinski definition) is 4. The van der Waals surface area contributed by atoms with Crippen LogP contribution in [0.2, 0.25) is 5.02 Å². The zero-order valence-electron chi connectivity index (χ0n) is 11.1. The van der Waals surface area contributed by atoms with Gasteiger partial charge in [0.1, 0.15) is 0 Å². The van der Waals surface area contributed by atoms with E-state index >= 15 is 0 Å². The molecular weight excluding hydrogens is 276 g/mol. The van der Waals surface area contributed by atoms with Crippen LogP contribution in [0, 0.1) is 0 Å². The number of hydrogen-bond donors (Lipinski definition) is 0. The van der Waals surface area contributed by atoms with Crippen molar-refractivity contribution in [1.29, 1.82) is 0 Å². The maximum Gasteiger partial charge on any atom is 0.339 e. The van der Waals surface area contributed by atoms with Crippen molar-refractivity contribution in [2.24, 2.45) is 0 Å². The molecule has 0 N–H and O–H groups in total. The molecule has 2 heterocycles. The van der Waals surface area contributed by atoms with Crippen molar-refractivity contribution in [2.75, 3.05) is 19.0 Å². The molecule has 1 atom stereocenters. The van der Waals surface area contributed by atoms with E-state index in [9.17, 15) is 4.79 Å². The third-order valence-corrected chi connectivity index (χ3v) is 3.59. The molecule has 1 aromatic carbocycles. The molecule has 3 rings (SSSR count). The Morgan fingerprint density at radius 2 is 2.10 bits per heavy atom. The zero-order valence-corrected chi connectivity index (χ0v) is 11.9. The van der Waals surface area contributed by atoms with Crippen LogP contribution in [-0.4, -0.2) is 25.0 Å². The maximum absolute atomic E-state index is 12.0. The van der Waals surface area contributed by atoms with Gasteiger partial charge in [-0.2, -0.15) is 0 Å². The van der Waals surface area contributed by atoms with Crippen LogP contribution >= 0.6 is 11.6 Å². The first-order valence-electron chi connectivity index (χ1n) is 6.20. The van der Waals surface area contributed by atoms with Gasteiger partial charge in [-0.3, -0.25) is 4.98 Å². The Morgan fingerprint density at radius 1 is 1.30 bits per heavy atom. The average Bonchev–Trinajstić information content (AvgIpc) is 2.75. The number of ether oxygens (including phenoxy) is 1. The van der Waals surface area contributed by atoms with E-state index in [1.807, 2.05) is 37.2 Å². The summed E-state index contributed by atoms with van der Waals surface area (Å²) < 4.78 is 5.43. The van der Waals surface area contributed by atoms with E-state index in [-0.39, 0.29) is 5.97 Å². The number of cyclic esters (lactones) is 1. The monoisotopic (exact) mass is 288 g/mol. The fourth-order valence-corrected chi connectivity index (χ4v) is 2.64. The molecule has 0 bridgehead atoms. The Labute approximate surface area is 122 Å². The van der Waals surface area contributed by atoms with Gasteiger partial charge in [-0.1, -0.05) is 17.7 Å². The lowest BCUT2D eigenvalue weighted by molar-refractivity contribution is 0.0449. The van der Waals surface area contributed by atoms with E-state index in [1.54, 1.807) is 18.3 Å². The lowest BCUT2D eigenvalue weighted by Crippen LogP contribution is -2.10. The number of carbonyl (C=O) groups is 1.